The number of hydrogen-bond acceptors (Lipinski definition) is 8. The lowest BCUT2D eigenvalue weighted by atomic mass is 10.2. The third-order valence-corrected chi connectivity index (χ3v) is 7.50. The maximum absolute atomic E-state index is 14.0. The van der Waals surface area contributed by atoms with Crippen LogP contribution in [0.1, 0.15) is 36.2 Å². The molecule has 46 heavy (non-hydrogen) atoms. The fraction of sp³-hybridized carbons (Fsp3) is 0.286. The number of benzene rings is 2. The highest BCUT2D eigenvalue weighted by Crippen LogP contribution is 2.32. The Kier molecular flexibility index (Phi) is 13.5. The van der Waals surface area contributed by atoms with Crippen molar-refractivity contribution in [2.75, 3.05) is 22.0 Å². The quantitative estimate of drug-likeness (QED) is 0.122. The largest absolute Gasteiger partial charge is 0.433 e. The topological polar surface area (TPSA) is 160 Å². The predicted molar refractivity (Wildman–Crippen MR) is 169 cm³/mol. The second-order valence-corrected chi connectivity index (χ2v) is 14.9. The molecule has 0 saturated heterocycles. The third kappa shape index (κ3) is 13.7. The minimum Gasteiger partial charge on any atom is -0.348 e. The lowest BCUT2D eigenvalue weighted by Crippen LogP contribution is -2.20. The highest BCUT2D eigenvalue weighted by atomic mass is 32.2. The smallest absolute Gasteiger partial charge is 0.348 e. The molecule has 0 saturated carbocycles. The molecule has 252 valence electrons. The van der Waals surface area contributed by atoms with Crippen molar-refractivity contribution in [1.82, 2.24) is 10.3 Å². The van der Waals surface area contributed by atoms with Gasteiger partial charge in [-0.05, 0) is 47.5 Å². The summed E-state index contributed by atoms with van der Waals surface area (Å²) < 4.78 is 114. The number of carbonyl (C=O) groups is 1. The number of pyridine rings is 1. The molecule has 0 aliphatic rings. The number of halogens is 5. The number of nitrogens with zero attached hydrogens (tertiary/aromatic N) is 1. The van der Waals surface area contributed by atoms with Crippen molar-refractivity contribution in [1.29, 1.82) is 0 Å². The van der Waals surface area contributed by atoms with Gasteiger partial charge in [-0.1, -0.05) is 32.0 Å². The molecule has 0 atom stereocenters. The van der Waals surface area contributed by atoms with Crippen molar-refractivity contribution in [3.8, 4) is 0 Å². The number of thioether (sulfide) groups is 1. The molecule has 0 aliphatic heterocycles. The van der Waals surface area contributed by atoms with Gasteiger partial charge < -0.3 is 11.1 Å². The fourth-order valence-electron chi connectivity index (χ4n) is 3.39. The van der Waals surface area contributed by atoms with Crippen LogP contribution in [0.25, 0.3) is 6.08 Å². The SMILES string of the molecule is CC(C)Sc1nc(C(F)(F)F)ccc1C=CC(=O)NCc1ccc(NS(C)(=O)=O)c(F)c1.CS(=O)(=O)Nc1ccc(CN)cc1F. The van der Waals surface area contributed by atoms with Crippen molar-refractivity contribution >= 4 is 55.2 Å². The number of carbonyl (C=O) groups excluding carboxylic acids is 1. The highest BCUT2D eigenvalue weighted by molar-refractivity contribution is 7.99. The lowest BCUT2D eigenvalue weighted by molar-refractivity contribution is -0.141. The van der Waals surface area contributed by atoms with Crippen LogP contribution in [0.3, 0.4) is 0 Å². The van der Waals surface area contributed by atoms with E-state index < -0.39 is 49.5 Å². The van der Waals surface area contributed by atoms with E-state index in [-0.39, 0.29) is 34.7 Å². The molecular formula is C28H32F5N5O5S3. The zero-order valence-corrected chi connectivity index (χ0v) is 27.4. The third-order valence-electron chi connectivity index (χ3n) is 5.30. The highest BCUT2D eigenvalue weighted by Gasteiger charge is 2.33. The zero-order chi connectivity index (χ0) is 34.9. The number of amides is 1. The van der Waals surface area contributed by atoms with Crippen LogP contribution >= 0.6 is 11.8 Å². The number of nitrogens with two attached hydrogens (primary N) is 1. The number of rotatable bonds is 11. The van der Waals surface area contributed by atoms with Crippen molar-refractivity contribution < 1.29 is 43.6 Å². The number of anilines is 2. The van der Waals surface area contributed by atoms with Gasteiger partial charge in [0, 0.05) is 30.0 Å². The molecule has 2 aromatic carbocycles. The summed E-state index contributed by atoms with van der Waals surface area (Å²) >= 11 is 1.14. The van der Waals surface area contributed by atoms with Crippen LogP contribution in [0.5, 0.6) is 0 Å². The average Bonchev–Trinajstić information content (AvgIpc) is 2.91. The molecule has 10 nitrogen and oxygen atoms in total. The molecule has 3 rings (SSSR count). The summed E-state index contributed by atoms with van der Waals surface area (Å²) in [6.07, 6.45) is -0.224. The first-order valence-corrected chi connectivity index (χ1v) is 17.8. The normalized spacial score (nSPS) is 12.1. The van der Waals surface area contributed by atoms with Crippen LogP contribution in [0.2, 0.25) is 0 Å². The van der Waals surface area contributed by atoms with Crippen LogP contribution in [-0.2, 0) is 44.1 Å². The molecule has 5 N–H and O–H groups in total. The zero-order valence-electron chi connectivity index (χ0n) is 24.9. The van der Waals surface area contributed by atoms with Crippen molar-refractivity contribution in [3.05, 3.63) is 88.6 Å². The summed E-state index contributed by atoms with van der Waals surface area (Å²) in [5, 5.41) is 2.64. The molecule has 0 aliphatic carbocycles. The fourth-order valence-corrected chi connectivity index (χ4v) is 5.39. The molecule has 0 radical (unpaired) electrons. The van der Waals surface area contributed by atoms with Gasteiger partial charge >= 0.3 is 6.18 Å². The lowest BCUT2D eigenvalue weighted by Gasteiger charge is -2.12. The van der Waals surface area contributed by atoms with Crippen molar-refractivity contribution in [2.24, 2.45) is 5.73 Å². The molecule has 18 heteroatoms. The Hall–Kier alpha value is -3.74. The summed E-state index contributed by atoms with van der Waals surface area (Å²) in [6, 6.07) is 9.95. The molecule has 1 heterocycles. The molecule has 0 bridgehead atoms. The van der Waals surface area contributed by atoms with Crippen LogP contribution in [0, 0.1) is 11.6 Å². The first kappa shape index (κ1) is 38.4. The van der Waals surface area contributed by atoms with E-state index in [9.17, 15) is 43.6 Å². The van der Waals surface area contributed by atoms with Gasteiger partial charge in [0.1, 0.15) is 22.4 Å². The summed E-state index contributed by atoms with van der Waals surface area (Å²) in [5.41, 5.74) is 5.35. The second-order valence-electron chi connectivity index (χ2n) is 9.89. The summed E-state index contributed by atoms with van der Waals surface area (Å²) in [4.78, 5) is 15.8. The molecule has 3 aromatic rings. The Labute approximate surface area is 268 Å². The van der Waals surface area contributed by atoms with Gasteiger partial charge in [-0.3, -0.25) is 14.2 Å². The van der Waals surface area contributed by atoms with Crippen molar-refractivity contribution in [3.63, 3.8) is 0 Å². The van der Waals surface area contributed by atoms with E-state index in [1.54, 1.807) is 6.07 Å². The predicted octanol–water partition coefficient (Wildman–Crippen LogP) is 5.10. The summed E-state index contributed by atoms with van der Waals surface area (Å²) in [5.74, 6) is -1.98. The maximum atomic E-state index is 14.0. The maximum Gasteiger partial charge on any atom is 0.433 e. The Morgan fingerprint density at radius 2 is 1.43 bits per heavy atom. The number of alkyl halides is 3. The minimum atomic E-state index is -4.58. The van der Waals surface area contributed by atoms with E-state index in [0.717, 1.165) is 42.5 Å². The molecule has 0 fully saturated rings. The Balaban J connectivity index is 0.000000438. The van der Waals surface area contributed by atoms with Gasteiger partial charge in [0.05, 0.1) is 23.9 Å². The molecule has 1 aromatic heterocycles. The number of sulfonamides is 2. The Morgan fingerprint density at radius 3 is 1.89 bits per heavy atom. The molecule has 1 amide bonds. The van der Waals surface area contributed by atoms with Crippen LogP contribution in [0.4, 0.5) is 33.3 Å². The van der Waals surface area contributed by atoms with E-state index in [4.69, 9.17) is 5.73 Å². The van der Waals surface area contributed by atoms with Crippen LogP contribution in [0.15, 0.2) is 59.6 Å². The molecule has 0 unspecified atom stereocenters. The molecular weight excluding hydrogens is 678 g/mol. The van der Waals surface area contributed by atoms with Crippen LogP contribution < -0.4 is 20.5 Å². The molecule has 0 spiro atoms. The Morgan fingerprint density at radius 1 is 0.913 bits per heavy atom. The van der Waals surface area contributed by atoms with Gasteiger partial charge in [-0.15, -0.1) is 11.8 Å². The minimum absolute atomic E-state index is 0.0259. The van der Waals surface area contributed by atoms with Gasteiger partial charge in [0.15, 0.2) is 0 Å². The van der Waals surface area contributed by atoms with E-state index in [1.165, 1.54) is 36.4 Å². The summed E-state index contributed by atoms with van der Waals surface area (Å²) in [7, 11) is -7.07. The van der Waals surface area contributed by atoms with E-state index in [2.05, 4.69) is 15.0 Å². The Bertz CT molecular complexity index is 1780. The number of aromatic nitrogens is 1. The van der Waals surface area contributed by atoms with Crippen molar-refractivity contribution in [2.45, 2.75) is 43.4 Å². The standard InChI is InChI=1S/C20H21F4N3O3S2.C8H11FN2O2S/c1-12(2)31-19-14(5-8-17(26-19)20(22,23)24)6-9-18(28)25-11-13-4-7-16(15(21)10-13)27-32(3,29)30;1-14(12,13)11-8-3-2-6(5-10)4-7(8)9/h4-10,12,27H,11H2,1-3H3,(H,25,28);2-4,11H,5,10H2,1H3. The van der Waals surface area contributed by atoms with E-state index >= 15 is 0 Å². The summed E-state index contributed by atoms with van der Waals surface area (Å²) in [6.45, 7) is 3.79. The van der Waals surface area contributed by atoms with Gasteiger partial charge in [0.25, 0.3) is 0 Å². The number of nitrogens with one attached hydrogen (secondary N) is 3. The average molecular weight is 710 g/mol. The first-order chi connectivity index (χ1) is 21.2. The second kappa shape index (κ2) is 16.2. The monoisotopic (exact) mass is 709 g/mol. The first-order valence-electron chi connectivity index (χ1n) is 13.1. The van der Waals surface area contributed by atoms with E-state index in [0.29, 0.717) is 16.7 Å². The van der Waals surface area contributed by atoms with Crippen LogP contribution in [-0.4, -0.2) is 45.5 Å². The van der Waals surface area contributed by atoms with Gasteiger partial charge in [-0.2, -0.15) is 13.2 Å². The van der Waals surface area contributed by atoms with Gasteiger partial charge in [0.2, 0.25) is 26.0 Å². The number of hydrogen-bond donors (Lipinski definition) is 4. The van der Waals surface area contributed by atoms with Gasteiger partial charge in [-0.25, -0.2) is 30.6 Å². The van der Waals surface area contributed by atoms with E-state index in [1.807, 2.05) is 18.6 Å².